The van der Waals surface area contributed by atoms with Crippen molar-refractivity contribution in [2.75, 3.05) is 13.7 Å². The van der Waals surface area contributed by atoms with Gasteiger partial charge in [-0.05, 0) is 92.3 Å². The Labute approximate surface area is 332 Å². The maximum atomic E-state index is 13.0. The van der Waals surface area contributed by atoms with Crippen molar-refractivity contribution in [3.63, 3.8) is 0 Å². The molecule has 0 saturated heterocycles. The summed E-state index contributed by atoms with van der Waals surface area (Å²) in [6.07, 6.45) is 0.313. The lowest BCUT2D eigenvalue weighted by Gasteiger charge is -2.21. The maximum Gasteiger partial charge on any atom is 0.407 e. The smallest absolute Gasteiger partial charge is 0.407 e. The number of carbonyl (C=O) groups is 6. The van der Waals surface area contributed by atoms with Gasteiger partial charge in [-0.15, -0.1) is 22.7 Å². The summed E-state index contributed by atoms with van der Waals surface area (Å²) in [5.41, 5.74) is 2.07. The van der Waals surface area contributed by atoms with Crippen molar-refractivity contribution in [1.82, 2.24) is 21.3 Å². The summed E-state index contributed by atoms with van der Waals surface area (Å²) >= 11 is 1.97. The van der Waals surface area contributed by atoms with E-state index in [0.717, 1.165) is 33.8 Å². The molecule has 56 heavy (non-hydrogen) atoms. The number of aromatic carboxylic acids is 1. The average Bonchev–Trinajstić information content (AvgIpc) is 3.79. The van der Waals surface area contributed by atoms with Crippen LogP contribution >= 0.6 is 22.7 Å². The number of phenolic OH excluding ortho intramolecular Hbond substituents is 2. The van der Waals surface area contributed by atoms with E-state index in [4.69, 9.17) is 14.6 Å². The van der Waals surface area contributed by atoms with Gasteiger partial charge in [0.05, 0.1) is 28.3 Å². The number of esters is 1. The third-order valence-electron chi connectivity index (χ3n) is 7.60. The van der Waals surface area contributed by atoms with Crippen molar-refractivity contribution in [2.24, 2.45) is 0 Å². The molecule has 2 heterocycles. The molecule has 0 fully saturated rings. The number of carboxylic acid groups (broad SMARTS) is 1. The summed E-state index contributed by atoms with van der Waals surface area (Å²) in [6.45, 7) is 9.03. The fourth-order valence-electron chi connectivity index (χ4n) is 4.91. The van der Waals surface area contributed by atoms with Crippen LogP contribution in [0.2, 0.25) is 0 Å². The van der Waals surface area contributed by atoms with Gasteiger partial charge in [0.1, 0.15) is 28.0 Å². The zero-order chi connectivity index (χ0) is 41.6. The minimum Gasteiger partial charge on any atom is -0.508 e. The number of methoxy groups -OCH3 is 1. The first-order chi connectivity index (χ1) is 26.4. The van der Waals surface area contributed by atoms with Gasteiger partial charge < -0.3 is 46.1 Å². The third kappa shape index (κ3) is 13.7. The number of phenols is 2. The van der Waals surface area contributed by atoms with Gasteiger partial charge in [0.2, 0.25) is 0 Å². The number of hydrogen-bond acceptors (Lipinski definition) is 12. The summed E-state index contributed by atoms with van der Waals surface area (Å²) < 4.78 is 9.89. The predicted molar refractivity (Wildman–Crippen MR) is 210 cm³/mol. The summed E-state index contributed by atoms with van der Waals surface area (Å²) in [5, 5.41) is 38.5. The molecular weight excluding hydrogens is 765 g/mol. The van der Waals surface area contributed by atoms with Crippen molar-refractivity contribution in [3.8, 4) is 11.5 Å². The molecule has 0 bridgehead atoms. The van der Waals surface area contributed by atoms with Crippen LogP contribution in [0, 0.1) is 0 Å². The van der Waals surface area contributed by atoms with E-state index in [0.29, 0.717) is 33.7 Å². The number of ether oxygens (including phenoxy) is 2. The highest BCUT2D eigenvalue weighted by Crippen LogP contribution is 2.25. The second-order valence-corrected chi connectivity index (χ2v) is 15.2. The van der Waals surface area contributed by atoms with Crippen LogP contribution in [-0.4, -0.2) is 76.4 Å². The molecule has 0 spiro atoms. The Morgan fingerprint density at radius 2 is 1.20 bits per heavy atom. The van der Waals surface area contributed by atoms with E-state index in [9.17, 15) is 39.0 Å². The lowest BCUT2D eigenvalue weighted by Crippen LogP contribution is -2.49. The number of carbonyl (C=O) groups excluding carboxylic acids is 5. The first-order valence-electron chi connectivity index (χ1n) is 17.4. The lowest BCUT2D eigenvalue weighted by atomic mass is 10.1. The Balaban J connectivity index is 0.000000340. The molecular formula is C39H46N4O11S2. The van der Waals surface area contributed by atoms with Crippen LogP contribution in [0.25, 0.3) is 0 Å². The fraction of sp³-hybridized carbons (Fsp3) is 0.333. The number of nitrogens with one attached hydrogen (secondary N) is 4. The molecule has 0 aliphatic heterocycles. The maximum absolute atomic E-state index is 13.0. The normalized spacial score (nSPS) is 11.2. The highest BCUT2D eigenvalue weighted by molar-refractivity contribution is 7.16. The van der Waals surface area contributed by atoms with Gasteiger partial charge in [0, 0.05) is 13.1 Å². The molecule has 1 atom stereocenters. The van der Waals surface area contributed by atoms with Gasteiger partial charge >= 0.3 is 18.0 Å². The minimum absolute atomic E-state index is 0.0985. The van der Waals surface area contributed by atoms with Gasteiger partial charge in [-0.3, -0.25) is 14.4 Å². The second kappa shape index (κ2) is 20.7. The number of aryl methyl sites for hydroxylation is 2. The summed E-state index contributed by atoms with van der Waals surface area (Å²) in [6, 6.07) is 15.2. The van der Waals surface area contributed by atoms with Crippen LogP contribution in [0.3, 0.4) is 0 Å². The van der Waals surface area contributed by atoms with E-state index in [1.54, 1.807) is 75.4 Å². The minimum atomic E-state index is -1.16. The van der Waals surface area contributed by atoms with Crippen LogP contribution < -0.4 is 21.3 Å². The predicted octanol–water partition coefficient (Wildman–Crippen LogP) is 5.39. The van der Waals surface area contributed by atoms with Crippen molar-refractivity contribution in [3.05, 3.63) is 102 Å². The molecule has 0 aliphatic carbocycles. The number of thiophene rings is 2. The fourth-order valence-corrected chi connectivity index (χ4v) is 6.99. The Hall–Kier alpha value is -5.94. The number of hydrogen-bond donors (Lipinski definition) is 7. The topological polar surface area (TPSA) is 230 Å². The molecule has 2 aromatic heterocycles. The Morgan fingerprint density at radius 1 is 0.714 bits per heavy atom. The Kier molecular flexibility index (Phi) is 16.4. The van der Waals surface area contributed by atoms with Crippen LogP contribution in [0.5, 0.6) is 11.5 Å². The third-order valence-corrected chi connectivity index (χ3v) is 9.93. The number of benzene rings is 2. The van der Waals surface area contributed by atoms with Crippen molar-refractivity contribution in [1.29, 1.82) is 0 Å². The number of carboxylic acids is 1. The average molecular weight is 811 g/mol. The van der Waals surface area contributed by atoms with Crippen molar-refractivity contribution < 1.29 is 53.6 Å². The summed E-state index contributed by atoms with van der Waals surface area (Å²) in [7, 11) is 1.17. The zero-order valence-electron chi connectivity index (χ0n) is 31.8. The number of rotatable bonds is 14. The van der Waals surface area contributed by atoms with Gasteiger partial charge in [-0.2, -0.15) is 0 Å². The van der Waals surface area contributed by atoms with E-state index >= 15 is 0 Å². The van der Waals surface area contributed by atoms with Gasteiger partial charge in [-0.25, -0.2) is 14.4 Å². The summed E-state index contributed by atoms with van der Waals surface area (Å²) in [5.74, 6) is -2.77. The molecule has 0 aliphatic rings. The monoisotopic (exact) mass is 810 g/mol. The SMILES string of the molecule is CCc1cc(C(=O)NCc2cccc(O)c2)sc1C(=O)N[C@@H](CNC(=O)OC(C)(C)C)C(=O)OC.CCc1cc(C(=O)NCc2cccc(O)c2)sc1C(=O)O. The van der Waals surface area contributed by atoms with E-state index in [1.807, 2.05) is 13.8 Å². The Morgan fingerprint density at radius 3 is 1.61 bits per heavy atom. The highest BCUT2D eigenvalue weighted by Gasteiger charge is 2.27. The lowest BCUT2D eigenvalue weighted by molar-refractivity contribution is -0.142. The molecule has 4 aromatic rings. The first kappa shape index (κ1) is 44.5. The van der Waals surface area contributed by atoms with E-state index in [1.165, 1.54) is 13.2 Å². The van der Waals surface area contributed by atoms with Gasteiger partial charge in [0.25, 0.3) is 17.7 Å². The number of aromatic hydroxyl groups is 2. The van der Waals surface area contributed by atoms with E-state index in [-0.39, 0.29) is 52.7 Å². The molecule has 0 saturated carbocycles. The van der Waals surface area contributed by atoms with Crippen LogP contribution in [0.4, 0.5) is 4.79 Å². The quantitative estimate of drug-likeness (QED) is 0.0799. The Bertz CT molecular complexity index is 2030. The molecule has 4 amide bonds. The van der Waals surface area contributed by atoms with Crippen molar-refractivity contribution >= 4 is 58.4 Å². The second-order valence-electron chi connectivity index (χ2n) is 13.1. The zero-order valence-corrected chi connectivity index (χ0v) is 33.4. The molecule has 0 unspecified atom stereocenters. The summed E-state index contributed by atoms with van der Waals surface area (Å²) in [4.78, 5) is 74.1. The molecule has 300 valence electrons. The first-order valence-corrected chi connectivity index (χ1v) is 19.0. The number of amides is 4. The van der Waals surface area contributed by atoms with Crippen LogP contribution in [-0.2, 0) is 40.2 Å². The molecule has 4 rings (SSSR count). The molecule has 17 heteroatoms. The standard InChI is InChI=1S/C24H31N3O7S.C15H15NO4S/c1-6-15-11-18(20(29)25-12-14-8-7-9-16(28)10-14)35-19(15)21(30)27-17(22(31)33-5)13-26-23(32)34-24(2,3)4;1-2-10-7-12(21-13(10)15(19)20)14(18)16-8-9-4-3-5-11(17)6-9/h7-11,17,28H,6,12-13H2,1-5H3,(H,25,29)(H,26,32)(H,27,30);3-7,17H,2,8H2,1H3,(H,16,18)(H,19,20)/t17-;/m0./s1. The van der Waals surface area contributed by atoms with E-state index in [2.05, 4.69) is 21.3 Å². The van der Waals surface area contributed by atoms with Crippen LogP contribution in [0.15, 0.2) is 60.7 Å². The molecule has 0 radical (unpaired) electrons. The van der Waals surface area contributed by atoms with Crippen molar-refractivity contribution in [2.45, 2.75) is 72.2 Å². The molecule has 15 nitrogen and oxygen atoms in total. The largest absolute Gasteiger partial charge is 0.508 e. The van der Waals surface area contributed by atoms with Gasteiger partial charge in [-0.1, -0.05) is 38.1 Å². The number of alkyl carbamates (subject to hydrolysis) is 1. The van der Waals surface area contributed by atoms with Crippen LogP contribution in [0.1, 0.15) is 95.6 Å². The molecule has 2 aromatic carbocycles. The van der Waals surface area contributed by atoms with Gasteiger partial charge in [0.15, 0.2) is 0 Å². The highest BCUT2D eigenvalue weighted by atomic mass is 32.1. The van der Waals surface area contributed by atoms with E-state index < -0.39 is 35.6 Å². The molecule has 7 N–H and O–H groups in total.